The first kappa shape index (κ1) is 16.7. The molecule has 0 spiro atoms. The Morgan fingerprint density at radius 1 is 0.826 bits per heavy atom. The van der Waals surface area contributed by atoms with Crippen LogP contribution in [0.3, 0.4) is 0 Å². The third-order valence-electron chi connectivity index (χ3n) is 6.23. The van der Waals surface area contributed by atoms with Crippen LogP contribution in [0.15, 0.2) is 36.7 Å². The molecule has 0 saturated heterocycles. The lowest BCUT2D eigenvalue weighted by Gasteiger charge is -2.38. The number of rotatable bonds is 4. The molecule has 0 unspecified atom stereocenters. The van der Waals surface area contributed by atoms with Crippen LogP contribution in [0.2, 0.25) is 0 Å². The minimum atomic E-state index is -0.137. The van der Waals surface area contributed by atoms with Crippen molar-refractivity contribution in [3.63, 3.8) is 0 Å². The van der Waals surface area contributed by atoms with E-state index >= 15 is 0 Å². The van der Waals surface area contributed by atoms with Crippen molar-refractivity contribution in [2.45, 2.75) is 63.7 Å². The predicted octanol–water partition coefficient (Wildman–Crippen LogP) is 6.78. The molecule has 3 rings (SSSR count). The van der Waals surface area contributed by atoms with E-state index < -0.39 is 0 Å². The van der Waals surface area contributed by atoms with Crippen molar-refractivity contribution in [2.75, 3.05) is 0 Å². The van der Waals surface area contributed by atoms with Crippen molar-refractivity contribution in [3.8, 4) is 0 Å². The Morgan fingerprint density at radius 2 is 1.39 bits per heavy atom. The molecule has 0 nitrogen and oxygen atoms in total. The Kier molecular flexibility index (Phi) is 5.85. The fraction of sp³-hybridized carbons (Fsp3) is 0.619. The molecule has 0 amide bonds. The van der Waals surface area contributed by atoms with E-state index in [4.69, 9.17) is 0 Å². The Hall–Kier alpha value is -1.18. The summed E-state index contributed by atoms with van der Waals surface area (Å²) in [4.78, 5) is 0. The molecule has 1 aromatic carbocycles. The normalized spacial score (nSPS) is 32.3. The van der Waals surface area contributed by atoms with Gasteiger partial charge in [0.2, 0.25) is 0 Å². The van der Waals surface area contributed by atoms with Gasteiger partial charge in [-0.05, 0) is 99.2 Å². The molecule has 0 heterocycles. The number of hydrogen-bond acceptors (Lipinski definition) is 0. The zero-order valence-electron chi connectivity index (χ0n) is 13.9. The Bertz CT molecular complexity index is 489. The van der Waals surface area contributed by atoms with Crippen LogP contribution in [-0.4, -0.2) is 0 Å². The van der Waals surface area contributed by atoms with Crippen molar-refractivity contribution in [3.05, 3.63) is 48.1 Å². The Labute approximate surface area is 139 Å². The molecule has 0 bridgehead atoms. The maximum absolute atomic E-state index is 13.0. The van der Waals surface area contributed by atoms with E-state index in [1.54, 1.807) is 18.2 Å². The highest BCUT2D eigenvalue weighted by molar-refractivity contribution is 5.20. The second-order valence-electron chi connectivity index (χ2n) is 7.54. The van der Waals surface area contributed by atoms with Gasteiger partial charge in [-0.3, -0.25) is 0 Å². The van der Waals surface area contributed by atoms with Gasteiger partial charge in [-0.2, -0.15) is 0 Å². The molecule has 0 radical (unpaired) electrons. The summed E-state index contributed by atoms with van der Waals surface area (Å²) in [5.74, 6) is 2.95. The summed E-state index contributed by atoms with van der Waals surface area (Å²) < 4.78 is 25.2. The van der Waals surface area contributed by atoms with Crippen LogP contribution in [0.1, 0.15) is 69.3 Å². The smallest absolute Gasteiger partial charge is 0.123 e. The summed E-state index contributed by atoms with van der Waals surface area (Å²) in [7, 11) is 0. The van der Waals surface area contributed by atoms with Gasteiger partial charge in [0, 0.05) is 0 Å². The molecule has 0 N–H and O–H groups in total. The van der Waals surface area contributed by atoms with Gasteiger partial charge in [0.05, 0.1) is 6.33 Å². The van der Waals surface area contributed by atoms with Crippen LogP contribution >= 0.6 is 0 Å². The van der Waals surface area contributed by atoms with Gasteiger partial charge in [0.25, 0.3) is 0 Å². The van der Waals surface area contributed by atoms with Gasteiger partial charge < -0.3 is 0 Å². The van der Waals surface area contributed by atoms with E-state index in [-0.39, 0.29) is 5.82 Å². The summed E-state index contributed by atoms with van der Waals surface area (Å²) >= 11 is 0. The SMILES string of the molecule is FC=CC[C@H]1CC[C@H]([C@H]2CC[C@H](c3ccc(F)cc3)CC2)CC1. The maximum Gasteiger partial charge on any atom is 0.123 e. The summed E-state index contributed by atoms with van der Waals surface area (Å²) in [5, 5.41) is 0. The molecule has 0 aliphatic heterocycles. The topological polar surface area (TPSA) is 0 Å². The zero-order chi connectivity index (χ0) is 16.1. The Balaban J connectivity index is 1.45. The van der Waals surface area contributed by atoms with E-state index in [0.29, 0.717) is 18.2 Å². The minimum Gasteiger partial charge on any atom is -0.216 e. The number of halogens is 2. The first-order chi connectivity index (χ1) is 11.3. The Morgan fingerprint density at radius 3 is 1.96 bits per heavy atom. The summed E-state index contributed by atoms with van der Waals surface area (Å²) in [6.07, 6.45) is 13.6. The number of hydrogen-bond donors (Lipinski definition) is 0. The molecule has 23 heavy (non-hydrogen) atoms. The summed E-state index contributed by atoms with van der Waals surface area (Å²) in [5.41, 5.74) is 1.31. The highest BCUT2D eigenvalue weighted by atomic mass is 19.1. The van der Waals surface area contributed by atoms with Gasteiger partial charge in [-0.15, -0.1) is 0 Å². The van der Waals surface area contributed by atoms with E-state index in [0.717, 1.165) is 18.3 Å². The average molecular weight is 318 g/mol. The van der Waals surface area contributed by atoms with Crippen LogP contribution in [0, 0.1) is 23.6 Å². The zero-order valence-corrected chi connectivity index (χ0v) is 13.9. The third kappa shape index (κ3) is 4.43. The molecule has 126 valence electrons. The molecule has 2 aliphatic carbocycles. The molecule has 2 heteroatoms. The average Bonchev–Trinajstić information content (AvgIpc) is 2.61. The van der Waals surface area contributed by atoms with Crippen molar-refractivity contribution in [1.82, 2.24) is 0 Å². The first-order valence-electron chi connectivity index (χ1n) is 9.27. The highest BCUT2D eigenvalue weighted by Gasteiger charge is 2.30. The van der Waals surface area contributed by atoms with E-state index in [9.17, 15) is 8.78 Å². The summed E-state index contributed by atoms with van der Waals surface area (Å²) in [6, 6.07) is 7.11. The fourth-order valence-corrected chi connectivity index (χ4v) is 4.80. The minimum absolute atomic E-state index is 0.137. The molecular weight excluding hydrogens is 290 g/mol. The molecule has 2 aliphatic rings. The van der Waals surface area contributed by atoms with Gasteiger partial charge >= 0.3 is 0 Å². The van der Waals surface area contributed by atoms with Crippen molar-refractivity contribution >= 4 is 0 Å². The van der Waals surface area contributed by atoms with Crippen molar-refractivity contribution in [2.24, 2.45) is 17.8 Å². The number of allylic oxidation sites excluding steroid dienone is 1. The molecule has 1 aromatic rings. The summed E-state index contributed by atoms with van der Waals surface area (Å²) in [6.45, 7) is 0. The lowest BCUT2D eigenvalue weighted by molar-refractivity contribution is 0.160. The van der Waals surface area contributed by atoms with Crippen LogP contribution in [-0.2, 0) is 0 Å². The van der Waals surface area contributed by atoms with Crippen LogP contribution in [0.4, 0.5) is 8.78 Å². The highest BCUT2D eigenvalue weighted by Crippen LogP contribution is 2.44. The predicted molar refractivity (Wildman–Crippen MR) is 91.4 cm³/mol. The molecule has 2 fully saturated rings. The van der Waals surface area contributed by atoms with E-state index in [2.05, 4.69) is 0 Å². The lowest BCUT2D eigenvalue weighted by Crippen LogP contribution is -2.25. The third-order valence-corrected chi connectivity index (χ3v) is 6.23. The standard InChI is InChI=1S/C21H28F2/c22-15-1-2-16-3-5-17(6-4-16)18-7-9-19(10-8-18)20-11-13-21(23)14-12-20/h1,11-19H,2-10H2/t16-,17-,18-,19-. The second kappa shape index (κ2) is 8.08. The fourth-order valence-electron chi connectivity index (χ4n) is 4.80. The van der Waals surface area contributed by atoms with Crippen molar-refractivity contribution < 1.29 is 8.78 Å². The first-order valence-corrected chi connectivity index (χ1v) is 9.27. The molecular formula is C21H28F2. The van der Waals surface area contributed by atoms with E-state index in [1.807, 2.05) is 12.1 Å². The second-order valence-corrected chi connectivity index (χ2v) is 7.54. The van der Waals surface area contributed by atoms with Crippen LogP contribution in [0.25, 0.3) is 0 Å². The van der Waals surface area contributed by atoms with E-state index in [1.165, 1.54) is 56.9 Å². The number of benzene rings is 1. The van der Waals surface area contributed by atoms with Gasteiger partial charge in [0.15, 0.2) is 0 Å². The maximum atomic E-state index is 13.0. The largest absolute Gasteiger partial charge is 0.216 e. The molecule has 0 aromatic heterocycles. The van der Waals surface area contributed by atoms with Crippen molar-refractivity contribution in [1.29, 1.82) is 0 Å². The molecule has 0 atom stereocenters. The van der Waals surface area contributed by atoms with Crippen LogP contribution < -0.4 is 0 Å². The molecule has 2 saturated carbocycles. The van der Waals surface area contributed by atoms with Gasteiger partial charge in [-0.1, -0.05) is 18.2 Å². The van der Waals surface area contributed by atoms with Gasteiger partial charge in [-0.25, -0.2) is 8.78 Å². The monoisotopic (exact) mass is 318 g/mol. The quantitative estimate of drug-likeness (QED) is 0.574. The van der Waals surface area contributed by atoms with Crippen LogP contribution in [0.5, 0.6) is 0 Å². The lowest BCUT2D eigenvalue weighted by atomic mass is 9.68. The van der Waals surface area contributed by atoms with Gasteiger partial charge in [0.1, 0.15) is 5.82 Å².